The van der Waals surface area contributed by atoms with Crippen LogP contribution in [0, 0.1) is 6.92 Å². The lowest BCUT2D eigenvalue weighted by molar-refractivity contribution is -0.0782. The van der Waals surface area contributed by atoms with Crippen molar-refractivity contribution in [1.29, 1.82) is 0 Å². The molecule has 4 heteroatoms. The number of aryl methyl sites for hydroxylation is 1. The monoisotopic (exact) mass is 241 g/mol. The second kappa shape index (κ2) is 4.62. The summed E-state index contributed by atoms with van der Waals surface area (Å²) in [5.41, 5.74) is 6.82. The van der Waals surface area contributed by atoms with Crippen LogP contribution in [0.3, 0.4) is 0 Å². The van der Waals surface area contributed by atoms with Crippen molar-refractivity contribution >= 4 is 11.6 Å². The first-order valence-electron chi connectivity index (χ1n) is 5.33. The lowest BCUT2D eigenvalue weighted by atomic mass is 9.86. The lowest BCUT2D eigenvalue weighted by Gasteiger charge is -2.41. The highest BCUT2D eigenvalue weighted by Crippen LogP contribution is 2.29. The molecule has 3 atom stereocenters. The normalized spacial score (nSPS) is 28.6. The van der Waals surface area contributed by atoms with E-state index < -0.39 is 0 Å². The number of methoxy groups -OCH3 is 1. The SMILES string of the molecule is COC1C(N)CC1Oc1ccc(Cl)c(C)c1. The Labute approximate surface area is 100 Å². The van der Waals surface area contributed by atoms with E-state index in [0.29, 0.717) is 0 Å². The molecule has 1 aliphatic rings. The van der Waals surface area contributed by atoms with E-state index in [9.17, 15) is 0 Å². The zero-order chi connectivity index (χ0) is 11.7. The standard InChI is InChI=1S/C12H16ClNO2/c1-7-5-8(3-4-9(7)13)16-11-6-10(14)12(11)15-2/h3-5,10-12H,6,14H2,1-2H3. The molecule has 16 heavy (non-hydrogen) atoms. The molecule has 0 radical (unpaired) electrons. The van der Waals surface area contributed by atoms with Crippen LogP contribution in [0.5, 0.6) is 5.75 Å². The average Bonchev–Trinajstić information content (AvgIpc) is 2.23. The third-order valence-corrected chi connectivity index (χ3v) is 3.41. The van der Waals surface area contributed by atoms with Gasteiger partial charge in [-0.1, -0.05) is 11.6 Å². The fourth-order valence-electron chi connectivity index (χ4n) is 1.92. The Kier molecular flexibility index (Phi) is 3.38. The van der Waals surface area contributed by atoms with Gasteiger partial charge in [0.2, 0.25) is 0 Å². The summed E-state index contributed by atoms with van der Waals surface area (Å²) in [6.45, 7) is 1.95. The number of rotatable bonds is 3. The zero-order valence-electron chi connectivity index (χ0n) is 9.44. The second-order valence-electron chi connectivity index (χ2n) is 4.17. The van der Waals surface area contributed by atoms with Gasteiger partial charge in [-0.2, -0.15) is 0 Å². The van der Waals surface area contributed by atoms with Crippen molar-refractivity contribution in [2.75, 3.05) is 7.11 Å². The maximum atomic E-state index is 5.94. The van der Waals surface area contributed by atoms with Gasteiger partial charge in [0.25, 0.3) is 0 Å². The topological polar surface area (TPSA) is 44.5 Å². The van der Waals surface area contributed by atoms with Gasteiger partial charge in [0.1, 0.15) is 18.0 Å². The van der Waals surface area contributed by atoms with Gasteiger partial charge < -0.3 is 15.2 Å². The van der Waals surface area contributed by atoms with E-state index in [2.05, 4.69) is 0 Å². The van der Waals surface area contributed by atoms with Crippen molar-refractivity contribution < 1.29 is 9.47 Å². The Morgan fingerprint density at radius 2 is 2.19 bits per heavy atom. The van der Waals surface area contributed by atoms with Crippen molar-refractivity contribution in [1.82, 2.24) is 0 Å². The molecule has 1 saturated carbocycles. The summed E-state index contributed by atoms with van der Waals surface area (Å²) in [6.07, 6.45) is 0.886. The molecule has 1 aromatic carbocycles. The van der Waals surface area contributed by atoms with Crippen LogP contribution in [0.1, 0.15) is 12.0 Å². The minimum absolute atomic E-state index is 0.00372. The summed E-state index contributed by atoms with van der Waals surface area (Å²) < 4.78 is 11.1. The van der Waals surface area contributed by atoms with Crippen molar-refractivity contribution in [2.24, 2.45) is 5.73 Å². The van der Waals surface area contributed by atoms with Crippen LogP contribution in [-0.2, 0) is 4.74 Å². The smallest absolute Gasteiger partial charge is 0.128 e. The Morgan fingerprint density at radius 1 is 1.44 bits per heavy atom. The van der Waals surface area contributed by atoms with Gasteiger partial charge in [-0.05, 0) is 30.7 Å². The zero-order valence-corrected chi connectivity index (χ0v) is 10.2. The number of halogens is 1. The lowest BCUT2D eigenvalue weighted by Crippen LogP contribution is -2.59. The van der Waals surface area contributed by atoms with E-state index in [4.69, 9.17) is 26.8 Å². The fraction of sp³-hybridized carbons (Fsp3) is 0.500. The van der Waals surface area contributed by atoms with E-state index in [1.54, 1.807) is 7.11 Å². The molecule has 0 aliphatic heterocycles. The summed E-state index contributed by atoms with van der Waals surface area (Å²) >= 11 is 5.94. The van der Waals surface area contributed by atoms with Gasteiger partial charge in [-0.15, -0.1) is 0 Å². The summed E-state index contributed by atoms with van der Waals surface area (Å²) in [6, 6.07) is 5.72. The first kappa shape index (κ1) is 11.7. The van der Waals surface area contributed by atoms with Gasteiger partial charge in [0.15, 0.2) is 0 Å². The van der Waals surface area contributed by atoms with Gasteiger partial charge in [0.05, 0.1) is 0 Å². The molecule has 0 amide bonds. The molecule has 0 saturated heterocycles. The summed E-state index contributed by atoms with van der Waals surface area (Å²) in [5, 5.41) is 0.751. The molecular weight excluding hydrogens is 226 g/mol. The molecule has 0 spiro atoms. The van der Waals surface area contributed by atoms with E-state index in [-0.39, 0.29) is 18.2 Å². The Balaban J connectivity index is 2.02. The first-order chi connectivity index (χ1) is 7.61. The number of hydrogen-bond donors (Lipinski definition) is 1. The highest BCUT2D eigenvalue weighted by atomic mass is 35.5. The maximum absolute atomic E-state index is 5.94. The van der Waals surface area contributed by atoms with Crippen LogP contribution in [0.15, 0.2) is 18.2 Å². The quantitative estimate of drug-likeness (QED) is 0.882. The molecule has 3 nitrogen and oxygen atoms in total. The molecule has 1 aromatic rings. The second-order valence-corrected chi connectivity index (χ2v) is 4.57. The van der Waals surface area contributed by atoms with E-state index in [0.717, 1.165) is 22.8 Å². The molecule has 2 N–H and O–H groups in total. The van der Waals surface area contributed by atoms with Crippen LogP contribution in [0.4, 0.5) is 0 Å². The van der Waals surface area contributed by atoms with Gasteiger partial charge in [0, 0.05) is 24.6 Å². The van der Waals surface area contributed by atoms with E-state index in [1.807, 2.05) is 25.1 Å². The van der Waals surface area contributed by atoms with E-state index in [1.165, 1.54) is 0 Å². The first-order valence-corrected chi connectivity index (χ1v) is 5.71. The third kappa shape index (κ3) is 2.17. The molecule has 88 valence electrons. The summed E-state index contributed by atoms with van der Waals surface area (Å²) in [5.74, 6) is 0.820. The van der Waals surface area contributed by atoms with Gasteiger partial charge in [-0.25, -0.2) is 0 Å². The van der Waals surface area contributed by atoms with Crippen LogP contribution in [0.25, 0.3) is 0 Å². The molecule has 1 aliphatic carbocycles. The van der Waals surface area contributed by atoms with Crippen LogP contribution < -0.4 is 10.5 Å². The highest BCUT2D eigenvalue weighted by Gasteiger charge is 2.40. The van der Waals surface area contributed by atoms with Crippen molar-refractivity contribution in [2.45, 2.75) is 31.6 Å². The number of benzene rings is 1. The minimum Gasteiger partial charge on any atom is -0.488 e. The van der Waals surface area contributed by atoms with Gasteiger partial charge in [-0.3, -0.25) is 0 Å². The molecule has 0 bridgehead atoms. The number of hydrogen-bond acceptors (Lipinski definition) is 3. The molecule has 1 fully saturated rings. The van der Waals surface area contributed by atoms with Crippen molar-refractivity contribution in [3.05, 3.63) is 28.8 Å². The Morgan fingerprint density at radius 3 is 2.75 bits per heavy atom. The number of nitrogens with two attached hydrogens (primary N) is 1. The fourth-order valence-corrected chi connectivity index (χ4v) is 2.04. The molecular formula is C12H16ClNO2. The predicted molar refractivity (Wildman–Crippen MR) is 64.0 cm³/mol. The summed E-state index contributed by atoms with van der Waals surface area (Å²) in [7, 11) is 1.66. The largest absolute Gasteiger partial charge is 0.488 e. The number of ether oxygens (including phenoxy) is 2. The average molecular weight is 242 g/mol. The molecule has 0 aromatic heterocycles. The van der Waals surface area contributed by atoms with Crippen molar-refractivity contribution in [3.63, 3.8) is 0 Å². The van der Waals surface area contributed by atoms with Crippen molar-refractivity contribution in [3.8, 4) is 5.75 Å². The minimum atomic E-state index is -0.00372. The summed E-state index contributed by atoms with van der Waals surface area (Å²) in [4.78, 5) is 0. The molecule has 2 rings (SSSR count). The third-order valence-electron chi connectivity index (χ3n) is 2.98. The van der Waals surface area contributed by atoms with Crippen LogP contribution >= 0.6 is 11.6 Å². The molecule has 3 unspecified atom stereocenters. The van der Waals surface area contributed by atoms with Crippen LogP contribution in [-0.4, -0.2) is 25.4 Å². The van der Waals surface area contributed by atoms with E-state index >= 15 is 0 Å². The Hall–Kier alpha value is -0.770. The molecule has 0 heterocycles. The highest BCUT2D eigenvalue weighted by molar-refractivity contribution is 6.31. The predicted octanol–water partition coefficient (Wildman–Crippen LogP) is 2.14. The maximum Gasteiger partial charge on any atom is 0.128 e. The Bertz CT molecular complexity index is 383. The van der Waals surface area contributed by atoms with Crippen LogP contribution in [0.2, 0.25) is 5.02 Å². The van der Waals surface area contributed by atoms with Gasteiger partial charge >= 0.3 is 0 Å².